The minimum Gasteiger partial charge on any atom is -0.497 e. The van der Waals surface area contributed by atoms with Crippen molar-refractivity contribution < 1.29 is 19.1 Å². The van der Waals surface area contributed by atoms with Crippen LogP contribution in [0, 0.1) is 0 Å². The molecule has 1 heterocycles. The van der Waals surface area contributed by atoms with E-state index in [4.69, 9.17) is 9.47 Å². The van der Waals surface area contributed by atoms with Gasteiger partial charge in [-0.2, -0.15) is 0 Å². The number of hydrogen-bond donors (Lipinski definition) is 1. The van der Waals surface area contributed by atoms with Crippen LogP contribution in [0.2, 0.25) is 0 Å². The smallest absolute Gasteiger partial charge is 0.237 e. The molecule has 0 atom stereocenters. The average molecular weight is 489 g/mol. The third-order valence-electron chi connectivity index (χ3n) is 4.96. The molecule has 9 heteroatoms. The van der Waals surface area contributed by atoms with Crippen molar-refractivity contribution in [1.82, 2.24) is 20.1 Å². The number of imide groups is 1. The van der Waals surface area contributed by atoms with Crippen LogP contribution in [0.25, 0.3) is 5.69 Å². The van der Waals surface area contributed by atoms with Crippen molar-refractivity contribution in [3.05, 3.63) is 96.3 Å². The number of carbonyl (C=O) groups excluding carboxylic acids is 2. The maximum Gasteiger partial charge on any atom is 0.237 e. The molecule has 178 valence electrons. The summed E-state index contributed by atoms with van der Waals surface area (Å²) in [5, 5.41) is 11.5. The third kappa shape index (κ3) is 6.70. The summed E-state index contributed by atoms with van der Waals surface area (Å²) < 4.78 is 12.9. The van der Waals surface area contributed by atoms with Gasteiger partial charge >= 0.3 is 0 Å². The lowest BCUT2D eigenvalue weighted by molar-refractivity contribution is -0.128. The zero-order valence-corrected chi connectivity index (χ0v) is 19.9. The minimum absolute atomic E-state index is 0.0187. The van der Waals surface area contributed by atoms with Crippen LogP contribution in [0.3, 0.4) is 0 Å². The van der Waals surface area contributed by atoms with Crippen molar-refractivity contribution in [2.24, 2.45) is 0 Å². The van der Waals surface area contributed by atoms with E-state index in [1.807, 2.05) is 89.5 Å². The first-order valence-corrected chi connectivity index (χ1v) is 11.9. The van der Waals surface area contributed by atoms with Crippen LogP contribution >= 0.6 is 11.8 Å². The first kappa shape index (κ1) is 24.0. The largest absolute Gasteiger partial charge is 0.497 e. The number of ether oxygens (including phenoxy) is 2. The highest BCUT2D eigenvalue weighted by Crippen LogP contribution is 2.24. The Bertz CT molecular complexity index is 1260. The molecule has 1 N–H and O–H groups in total. The molecule has 0 saturated heterocycles. The fourth-order valence-corrected chi connectivity index (χ4v) is 4.06. The topological polar surface area (TPSA) is 95.3 Å². The standard InChI is InChI=1S/C26H24N4O4S/c1-33-21-12-14-22(15-13-21)34-17-23-28-29-26(30(23)20-10-6-3-7-11-20)35-18-25(32)27-24(31)16-19-8-4-2-5-9-19/h2-15H,16-18H2,1H3,(H,27,31,32). The van der Waals surface area contributed by atoms with Gasteiger partial charge in [0.2, 0.25) is 11.8 Å². The van der Waals surface area contributed by atoms with Gasteiger partial charge in [-0.1, -0.05) is 60.3 Å². The van der Waals surface area contributed by atoms with E-state index in [-0.39, 0.29) is 24.7 Å². The van der Waals surface area contributed by atoms with Crippen molar-refractivity contribution >= 4 is 23.6 Å². The van der Waals surface area contributed by atoms with Gasteiger partial charge in [0.15, 0.2) is 11.0 Å². The number of hydrogen-bond acceptors (Lipinski definition) is 7. The Labute approximate surface area is 207 Å². The van der Waals surface area contributed by atoms with Gasteiger partial charge in [-0.3, -0.25) is 19.5 Å². The third-order valence-corrected chi connectivity index (χ3v) is 5.89. The Kier molecular flexibility index (Phi) is 8.13. The molecule has 0 saturated carbocycles. The zero-order valence-electron chi connectivity index (χ0n) is 19.1. The predicted octanol–water partition coefficient (Wildman–Crippen LogP) is 3.83. The highest BCUT2D eigenvalue weighted by Gasteiger charge is 2.17. The summed E-state index contributed by atoms with van der Waals surface area (Å²) in [5.41, 5.74) is 1.68. The van der Waals surface area contributed by atoms with E-state index in [9.17, 15) is 9.59 Å². The Morgan fingerprint density at radius 1 is 0.857 bits per heavy atom. The number of rotatable bonds is 10. The van der Waals surface area contributed by atoms with Crippen molar-refractivity contribution in [2.45, 2.75) is 18.2 Å². The molecular formula is C26H24N4O4S. The molecule has 0 unspecified atom stereocenters. The molecular weight excluding hydrogens is 464 g/mol. The van der Waals surface area contributed by atoms with Gasteiger partial charge in [-0.25, -0.2) is 0 Å². The van der Waals surface area contributed by atoms with Crippen LogP contribution in [0.5, 0.6) is 11.5 Å². The molecule has 0 aliphatic rings. The molecule has 0 bridgehead atoms. The maximum atomic E-state index is 12.4. The van der Waals surface area contributed by atoms with E-state index < -0.39 is 5.91 Å². The molecule has 1 aromatic heterocycles. The predicted molar refractivity (Wildman–Crippen MR) is 133 cm³/mol. The van der Waals surface area contributed by atoms with E-state index >= 15 is 0 Å². The van der Waals surface area contributed by atoms with Crippen LogP contribution < -0.4 is 14.8 Å². The molecule has 8 nitrogen and oxygen atoms in total. The number of methoxy groups -OCH3 is 1. The number of amides is 2. The number of carbonyl (C=O) groups is 2. The first-order chi connectivity index (χ1) is 17.1. The Morgan fingerprint density at radius 3 is 2.20 bits per heavy atom. The number of nitrogens with one attached hydrogen (secondary N) is 1. The van der Waals surface area contributed by atoms with Crippen LogP contribution in [0.15, 0.2) is 90.1 Å². The van der Waals surface area contributed by atoms with Crippen LogP contribution in [-0.2, 0) is 22.6 Å². The molecule has 35 heavy (non-hydrogen) atoms. The molecule has 0 aliphatic carbocycles. The van der Waals surface area contributed by atoms with Crippen molar-refractivity contribution in [3.63, 3.8) is 0 Å². The fourth-order valence-electron chi connectivity index (χ4n) is 3.29. The second-order valence-electron chi connectivity index (χ2n) is 7.46. The zero-order chi connectivity index (χ0) is 24.5. The second kappa shape index (κ2) is 11.8. The van der Waals surface area contributed by atoms with E-state index in [0.717, 1.165) is 17.0 Å². The van der Waals surface area contributed by atoms with Gasteiger partial charge in [-0.05, 0) is 42.0 Å². The molecule has 0 radical (unpaired) electrons. The summed E-state index contributed by atoms with van der Waals surface area (Å²) >= 11 is 1.20. The Balaban J connectivity index is 1.41. The molecule has 0 aliphatic heterocycles. The van der Waals surface area contributed by atoms with Crippen molar-refractivity contribution in [2.75, 3.05) is 12.9 Å². The Hall–Kier alpha value is -4.11. The summed E-state index contributed by atoms with van der Waals surface area (Å²) in [6, 6.07) is 26.1. The molecule has 4 aromatic rings. The number of aromatic nitrogens is 3. The minimum atomic E-state index is -0.394. The SMILES string of the molecule is COc1ccc(OCc2nnc(SCC(=O)NC(=O)Cc3ccccc3)n2-c2ccccc2)cc1. The highest BCUT2D eigenvalue weighted by atomic mass is 32.2. The van der Waals surface area contributed by atoms with E-state index in [2.05, 4.69) is 15.5 Å². The lowest BCUT2D eigenvalue weighted by atomic mass is 10.1. The Morgan fingerprint density at radius 2 is 1.51 bits per heavy atom. The summed E-state index contributed by atoms with van der Waals surface area (Å²) in [7, 11) is 1.61. The number of thioether (sulfide) groups is 1. The summed E-state index contributed by atoms with van der Waals surface area (Å²) in [5.74, 6) is 1.26. The lowest BCUT2D eigenvalue weighted by Gasteiger charge is -2.11. The molecule has 2 amide bonds. The van der Waals surface area contributed by atoms with Crippen LogP contribution in [0.1, 0.15) is 11.4 Å². The summed E-state index contributed by atoms with van der Waals surface area (Å²) in [4.78, 5) is 24.6. The lowest BCUT2D eigenvalue weighted by Crippen LogP contribution is -2.33. The number of benzene rings is 3. The van der Waals surface area contributed by atoms with E-state index in [0.29, 0.717) is 16.7 Å². The van der Waals surface area contributed by atoms with Gasteiger partial charge < -0.3 is 9.47 Å². The normalized spacial score (nSPS) is 10.5. The first-order valence-electron chi connectivity index (χ1n) is 10.9. The average Bonchev–Trinajstić information content (AvgIpc) is 3.30. The van der Waals surface area contributed by atoms with E-state index in [1.54, 1.807) is 7.11 Å². The van der Waals surface area contributed by atoms with Gasteiger partial charge in [0, 0.05) is 5.69 Å². The van der Waals surface area contributed by atoms with Crippen molar-refractivity contribution in [1.29, 1.82) is 0 Å². The molecule has 3 aromatic carbocycles. The number of para-hydroxylation sites is 1. The van der Waals surface area contributed by atoms with E-state index in [1.165, 1.54) is 11.8 Å². The van der Waals surface area contributed by atoms with Gasteiger partial charge in [0.1, 0.15) is 18.1 Å². The second-order valence-corrected chi connectivity index (χ2v) is 8.40. The summed E-state index contributed by atoms with van der Waals surface area (Å²) in [6.45, 7) is 0.177. The summed E-state index contributed by atoms with van der Waals surface area (Å²) in [6.07, 6.45) is 0.143. The van der Waals surface area contributed by atoms with Gasteiger partial charge in [0.25, 0.3) is 0 Å². The van der Waals surface area contributed by atoms with Crippen LogP contribution in [0.4, 0.5) is 0 Å². The quantitative estimate of drug-likeness (QED) is 0.339. The monoisotopic (exact) mass is 488 g/mol. The molecule has 0 fully saturated rings. The van der Waals surface area contributed by atoms with Gasteiger partial charge in [-0.15, -0.1) is 10.2 Å². The van der Waals surface area contributed by atoms with Crippen molar-refractivity contribution in [3.8, 4) is 17.2 Å². The maximum absolute atomic E-state index is 12.4. The van der Waals surface area contributed by atoms with Crippen LogP contribution in [-0.4, -0.2) is 39.4 Å². The fraction of sp³-hybridized carbons (Fsp3) is 0.154. The van der Waals surface area contributed by atoms with Gasteiger partial charge in [0.05, 0.1) is 19.3 Å². The molecule has 4 rings (SSSR count). The number of nitrogens with zero attached hydrogens (tertiary/aromatic N) is 3. The molecule has 0 spiro atoms. The highest BCUT2D eigenvalue weighted by molar-refractivity contribution is 7.99.